The summed E-state index contributed by atoms with van der Waals surface area (Å²) in [5.74, 6) is 0. The summed E-state index contributed by atoms with van der Waals surface area (Å²) in [6.45, 7) is 2.72. The average Bonchev–Trinajstić information content (AvgIpc) is 2.15. The van der Waals surface area contributed by atoms with Crippen LogP contribution in [0.4, 0.5) is 4.39 Å². The third-order valence-corrected chi connectivity index (χ3v) is 3.42. The second-order valence-corrected chi connectivity index (χ2v) is 5.21. The highest BCUT2D eigenvalue weighted by Gasteiger charge is 2.23. The van der Waals surface area contributed by atoms with Crippen molar-refractivity contribution in [3.8, 4) is 0 Å². The zero-order valence-electron chi connectivity index (χ0n) is 8.51. The fourth-order valence-corrected chi connectivity index (χ4v) is 1.84. The van der Waals surface area contributed by atoms with Crippen LogP contribution in [0, 0.1) is 0 Å². The predicted molar refractivity (Wildman–Crippen MR) is 55.3 cm³/mol. The Hall–Kier alpha value is -1.01. The van der Waals surface area contributed by atoms with Crippen molar-refractivity contribution in [2.75, 3.05) is 0 Å². The molecule has 4 nitrogen and oxygen atoms in total. The zero-order valence-corrected chi connectivity index (χ0v) is 9.33. The second kappa shape index (κ2) is 4.24. The van der Waals surface area contributed by atoms with E-state index in [0.29, 0.717) is 5.56 Å². The largest absolute Gasteiger partial charge is 0.258 e. The number of primary sulfonamides is 1. The monoisotopic (exact) mass is 232 g/mol. The van der Waals surface area contributed by atoms with Gasteiger partial charge in [0, 0.05) is 6.20 Å². The summed E-state index contributed by atoms with van der Waals surface area (Å²) in [7, 11) is -3.72. The lowest BCUT2D eigenvalue weighted by Crippen LogP contribution is -2.20. The Morgan fingerprint density at radius 3 is 2.53 bits per heavy atom. The molecule has 1 aromatic rings. The maximum Gasteiger partial charge on any atom is 0.215 e. The molecule has 0 spiro atoms. The third-order valence-electron chi connectivity index (χ3n) is 2.18. The van der Waals surface area contributed by atoms with E-state index in [-0.39, 0.29) is 5.69 Å². The number of nitrogens with zero attached hydrogens (tertiary/aromatic N) is 1. The molecular formula is C9H13FN2O2S. The van der Waals surface area contributed by atoms with Gasteiger partial charge in [-0.1, -0.05) is 6.07 Å². The number of aromatic nitrogens is 1. The highest BCUT2D eigenvalue weighted by molar-refractivity contribution is 7.89. The van der Waals surface area contributed by atoms with Crippen molar-refractivity contribution < 1.29 is 12.8 Å². The van der Waals surface area contributed by atoms with Crippen LogP contribution in [-0.2, 0) is 10.0 Å². The molecule has 0 amide bonds. The van der Waals surface area contributed by atoms with Crippen molar-refractivity contribution >= 4 is 10.0 Å². The Labute approximate surface area is 88.4 Å². The van der Waals surface area contributed by atoms with Crippen LogP contribution in [0.1, 0.15) is 36.5 Å². The van der Waals surface area contributed by atoms with E-state index in [1.165, 1.54) is 26.1 Å². The molecule has 1 aromatic heterocycles. The third kappa shape index (κ3) is 2.73. The van der Waals surface area contributed by atoms with Gasteiger partial charge in [0.05, 0.1) is 10.9 Å². The zero-order chi connectivity index (χ0) is 11.6. The normalized spacial score (nSPS) is 16.0. The Morgan fingerprint density at radius 1 is 1.47 bits per heavy atom. The van der Waals surface area contributed by atoms with Crippen molar-refractivity contribution in [3.05, 3.63) is 29.6 Å². The summed E-state index contributed by atoms with van der Waals surface area (Å²) >= 11 is 0. The molecule has 0 saturated heterocycles. The van der Waals surface area contributed by atoms with Crippen LogP contribution in [0.15, 0.2) is 18.3 Å². The minimum atomic E-state index is -3.72. The van der Waals surface area contributed by atoms with Crippen LogP contribution in [-0.4, -0.2) is 13.4 Å². The molecule has 2 N–H and O–H groups in total. The highest BCUT2D eigenvalue weighted by atomic mass is 32.2. The van der Waals surface area contributed by atoms with E-state index < -0.39 is 21.4 Å². The first kappa shape index (κ1) is 12.1. The van der Waals surface area contributed by atoms with Crippen molar-refractivity contribution in [3.63, 3.8) is 0 Å². The lowest BCUT2D eigenvalue weighted by atomic mass is 10.1. The van der Waals surface area contributed by atoms with Crippen LogP contribution in [0.25, 0.3) is 0 Å². The van der Waals surface area contributed by atoms with E-state index in [1.54, 1.807) is 6.07 Å². The molecule has 0 aliphatic carbocycles. The molecular weight excluding hydrogens is 219 g/mol. The van der Waals surface area contributed by atoms with Gasteiger partial charge in [0.15, 0.2) is 0 Å². The van der Waals surface area contributed by atoms with Crippen molar-refractivity contribution in [2.24, 2.45) is 5.14 Å². The molecule has 0 fully saturated rings. The summed E-state index contributed by atoms with van der Waals surface area (Å²) in [6, 6.07) is 3.08. The number of hydrogen-bond donors (Lipinski definition) is 1. The molecule has 0 aliphatic rings. The SMILES string of the molecule is CC(c1cccnc1[C@H](C)F)S(N)(=O)=O. The average molecular weight is 232 g/mol. The summed E-state index contributed by atoms with van der Waals surface area (Å²) < 4.78 is 35.4. The van der Waals surface area contributed by atoms with Gasteiger partial charge in [-0.15, -0.1) is 0 Å². The van der Waals surface area contributed by atoms with Crippen molar-refractivity contribution in [1.82, 2.24) is 4.98 Å². The van der Waals surface area contributed by atoms with Gasteiger partial charge in [-0.2, -0.15) is 0 Å². The molecule has 0 radical (unpaired) electrons. The fourth-order valence-electron chi connectivity index (χ4n) is 1.28. The maximum absolute atomic E-state index is 13.1. The molecule has 1 rings (SSSR count). The topological polar surface area (TPSA) is 73.0 Å². The van der Waals surface area contributed by atoms with E-state index in [0.717, 1.165) is 0 Å². The number of alkyl halides is 1. The number of sulfonamides is 1. The van der Waals surface area contributed by atoms with Crippen LogP contribution in [0.2, 0.25) is 0 Å². The first-order chi connectivity index (χ1) is 6.84. The lowest BCUT2D eigenvalue weighted by molar-refractivity contribution is 0.363. The minimum absolute atomic E-state index is 0.124. The molecule has 1 unspecified atom stereocenters. The number of nitrogens with two attached hydrogens (primary N) is 1. The highest BCUT2D eigenvalue weighted by Crippen LogP contribution is 2.27. The van der Waals surface area contributed by atoms with Crippen molar-refractivity contribution in [1.29, 1.82) is 0 Å². The number of halogens is 1. The van der Waals surface area contributed by atoms with Crippen LogP contribution in [0.5, 0.6) is 0 Å². The molecule has 84 valence electrons. The first-order valence-corrected chi connectivity index (χ1v) is 6.05. The molecule has 0 aromatic carbocycles. The summed E-state index contributed by atoms with van der Waals surface area (Å²) in [6.07, 6.45) is 0.107. The number of hydrogen-bond acceptors (Lipinski definition) is 3. The number of pyridine rings is 1. The van der Waals surface area contributed by atoms with Gasteiger partial charge in [-0.25, -0.2) is 17.9 Å². The molecule has 6 heteroatoms. The van der Waals surface area contributed by atoms with Crippen LogP contribution < -0.4 is 5.14 Å². The summed E-state index contributed by atoms with van der Waals surface area (Å²) in [4.78, 5) is 3.82. The van der Waals surface area contributed by atoms with Crippen molar-refractivity contribution in [2.45, 2.75) is 25.3 Å². The molecule has 1 heterocycles. The maximum atomic E-state index is 13.1. The van der Waals surface area contributed by atoms with Gasteiger partial charge in [0.25, 0.3) is 0 Å². The van der Waals surface area contributed by atoms with Gasteiger partial charge in [0.1, 0.15) is 6.17 Å². The smallest absolute Gasteiger partial charge is 0.215 e. The molecule has 15 heavy (non-hydrogen) atoms. The van der Waals surface area contributed by atoms with Gasteiger partial charge in [-0.3, -0.25) is 4.98 Å². The second-order valence-electron chi connectivity index (χ2n) is 3.33. The van der Waals surface area contributed by atoms with Crippen LogP contribution in [0.3, 0.4) is 0 Å². The van der Waals surface area contributed by atoms with Gasteiger partial charge in [0.2, 0.25) is 10.0 Å². The lowest BCUT2D eigenvalue weighted by Gasteiger charge is -2.14. The number of rotatable bonds is 3. The predicted octanol–water partition coefficient (Wildman–Crippen LogP) is 1.46. The quantitative estimate of drug-likeness (QED) is 0.857. The molecule has 2 atom stereocenters. The van der Waals surface area contributed by atoms with E-state index in [4.69, 9.17) is 5.14 Å². The Bertz CT molecular complexity index is 445. The first-order valence-electron chi connectivity index (χ1n) is 4.44. The van der Waals surface area contributed by atoms with E-state index in [1.807, 2.05) is 0 Å². The minimum Gasteiger partial charge on any atom is -0.258 e. The van der Waals surface area contributed by atoms with Crippen LogP contribution >= 0.6 is 0 Å². The Kier molecular flexibility index (Phi) is 3.41. The molecule has 0 saturated carbocycles. The summed E-state index contributed by atoms with van der Waals surface area (Å²) in [5, 5.41) is 4.06. The van der Waals surface area contributed by atoms with Gasteiger partial charge >= 0.3 is 0 Å². The molecule has 0 aliphatic heterocycles. The molecule has 0 bridgehead atoms. The Balaban J connectivity index is 3.26. The summed E-state index contributed by atoms with van der Waals surface area (Å²) in [5.41, 5.74) is 0.439. The fraction of sp³-hybridized carbons (Fsp3) is 0.444. The van der Waals surface area contributed by atoms with Gasteiger partial charge < -0.3 is 0 Å². The Morgan fingerprint density at radius 2 is 2.07 bits per heavy atom. The van der Waals surface area contributed by atoms with E-state index in [2.05, 4.69) is 4.98 Å². The standard InChI is InChI=1S/C9H13FN2O2S/c1-6(10)9-8(4-3-5-12-9)7(2)15(11,13)14/h3-7H,1-2H3,(H2,11,13,14)/t6-,7?/m0/s1. The van der Waals surface area contributed by atoms with Gasteiger partial charge in [-0.05, 0) is 25.5 Å². The van der Waals surface area contributed by atoms with E-state index in [9.17, 15) is 12.8 Å². The van der Waals surface area contributed by atoms with E-state index >= 15 is 0 Å².